The first-order valence-corrected chi connectivity index (χ1v) is 8.10. The summed E-state index contributed by atoms with van der Waals surface area (Å²) in [5.41, 5.74) is 4.24. The van der Waals surface area contributed by atoms with Crippen molar-refractivity contribution in [3.8, 4) is 5.69 Å². The van der Waals surface area contributed by atoms with E-state index >= 15 is 0 Å². The number of hydrogen-bond acceptors (Lipinski definition) is 5. The van der Waals surface area contributed by atoms with E-state index in [0.717, 1.165) is 28.6 Å². The number of nitrogens with zero attached hydrogens (tertiary/aromatic N) is 6. The van der Waals surface area contributed by atoms with Gasteiger partial charge in [-0.15, -0.1) is 5.11 Å². The molecule has 6 heteroatoms. The Morgan fingerprint density at radius 1 is 1.04 bits per heavy atom. The SMILES string of the molecule is c1cnc2ccc(CC3N=Nc4ncc(-n5ccnc5)cc43)cc2c1. The lowest BCUT2D eigenvalue weighted by Crippen LogP contribution is -2.00. The van der Waals surface area contributed by atoms with E-state index in [4.69, 9.17) is 0 Å². The van der Waals surface area contributed by atoms with Gasteiger partial charge in [0, 0.05) is 36.0 Å². The number of azo groups is 1. The van der Waals surface area contributed by atoms with Crippen molar-refractivity contribution in [2.75, 3.05) is 0 Å². The van der Waals surface area contributed by atoms with Crippen LogP contribution >= 0.6 is 0 Å². The Bertz CT molecular complexity index is 1080. The van der Waals surface area contributed by atoms with E-state index in [1.165, 1.54) is 5.56 Å². The van der Waals surface area contributed by atoms with E-state index in [2.05, 4.69) is 55.5 Å². The quantitative estimate of drug-likeness (QED) is 0.566. The third kappa shape index (κ3) is 2.48. The van der Waals surface area contributed by atoms with Crippen molar-refractivity contribution in [3.63, 3.8) is 0 Å². The van der Waals surface area contributed by atoms with Crippen LogP contribution in [0.5, 0.6) is 0 Å². The first-order valence-electron chi connectivity index (χ1n) is 8.10. The zero-order chi connectivity index (χ0) is 16.6. The lowest BCUT2D eigenvalue weighted by molar-refractivity contribution is 0.719. The molecular weight excluding hydrogens is 312 g/mol. The Morgan fingerprint density at radius 3 is 2.96 bits per heavy atom. The van der Waals surface area contributed by atoms with Gasteiger partial charge in [-0.3, -0.25) is 4.98 Å². The Kier molecular flexibility index (Phi) is 3.13. The smallest absolute Gasteiger partial charge is 0.179 e. The number of benzene rings is 1. The second-order valence-electron chi connectivity index (χ2n) is 6.04. The van der Waals surface area contributed by atoms with Gasteiger partial charge in [-0.25, -0.2) is 9.97 Å². The molecule has 0 saturated carbocycles. The van der Waals surface area contributed by atoms with Crippen LogP contribution < -0.4 is 0 Å². The summed E-state index contributed by atoms with van der Waals surface area (Å²) in [6.45, 7) is 0. The summed E-state index contributed by atoms with van der Waals surface area (Å²) in [7, 11) is 0. The lowest BCUT2D eigenvalue weighted by atomic mass is 9.99. The van der Waals surface area contributed by atoms with E-state index in [-0.39, 0.29) is 6.04 Å². The van der Waals surface area contributed by atoms with Crippen LogP contribution in [-0.2, 0) is 6.42 Å². The molecule has 0 radical (unpaired) electrons. The molecule has 3 aromatic heterocycles. The summed E-state index contributed by atoms with van der Waals surface area (Å²) in [5.74, 6) is 0.705. The highest BCUT2D eigenvalue weighted by molar-refractivity contribution is 5.78. The molecule has 1 aliphatic rings. The van der Waals surface area contributed by atoms with Gasteiger partial charge in [0.1, 0.15) is 6.04 Å². The Balaban J connectivity index is 1.48. The zero-order valence-corrected chi connectivity index (χ0v) is 13.3. The van der Waals surface area contributed by atoms with Gasteiger partial charge in [0.2, 0.25) is 0 Å². The first-order chi connectivity index (χ1) is 12.4. The predicted molar refractivity (Wildman–Crippen MR) is 94.1 cm³/mol. The summed E-state index contributed by atoms with van der Waals surface area (Å²) in [5, 5.41) is 9.80. The van der Waals surface area contributed by atoms with Gasteiger partial charge in [0.15, 0.2) is 5.82 Å². The number of rotatable bonds is 3. The zero-order valence-electron chi connectivity index (χ0n) is 13.3. The second kappa shape index (κ2) is 5.59. The predicted octanol–water partition coefficient (Wildman–Crippen LogP) is 4.20. The molecule has 0 fully saturated rings. The summed E-state index contributed by atoms with van der Waals surface area (Å²) in [6, 6.07) is 12.4. The van der Waals surface area contributed by atoms with Crippen LogP contribution in [0.3, 0.4) is 0 Å². The molecule has 4 heterocycles. The summed E-state index contributed by atoms with van der Waals surface area (Å²) in [4.78, 5) is 12.9. The highest BCUT2D eigenvalue weighted by Crippen LogP contribution is 2.37. The molecule has 0 amide bonds. The van der Waals surface area contributed by atoms with Crippen molar-refractivity contribution in [2.24, 2.45) is 10.2 Å². The Morgan fingerprint density at radius 2 is 2.04 bits per heavy atom. The van der Waals surface area contributed by atoms with E-state index in [1.54, 1.807) is 18.7 Å². The van der Waals surface area contributed by atoms with Gasteiger partial charge in [-0.2, -0.15) is 5.11 Å². The maximum absolute atomic E-state index is 4.44. The minimum Gasteiger partial charge on any atom is -0.305 e. The van der Waals surface area contributed by atoms with Gasteiger partial charge < -0.3 is 4.57 Å². The molecule has 0 saturated heterocycles. The number of fused-ring (bicyclic) bond motifs is 2. The first kappa shape index (κ1) is 14.0. The molecule has 0 aliphatic carbocycles. The number of imidazole rings is 1. The molecule has 0 spiro atoms. The summed E-state index contributed by atoms with van der Waals surface area (Å²) in [6.07, 6.45) is 9.81. The molecule has 120 valence electrons. The van der Waals surface area contributed by atoms with Crippen molar-refractivity contribution in [2.45, 2.75) is 12.5 Å². The standard InChI is InChI=1S/C19H14N6/c1-2-14-8-13(3-4-17(14)21-5-1)9-18-16-10-15(25-7-6-20-12-25)11-22-19(16)24-23-18/h1-8,10-12,18H,9H2. The maximum Gasteiger partial charge on any atom is 0.179 e. The van der Waals surface area contributed by atoms with Crippen molar-refractivity contribution in [1.29, 1.82) is 0 Å². The third-order valence-corrected chi connectivity index (χ3v) is 4.43. The molecular formula is C19H14N6. The van der Waals surface area contributed by atoms with Crippen LogP contribution in [-0.4, -0.2) is 19.5 Å². The number of pyridine rings is 2. The van der Waals surface area contributed by atoms with Gasteiger partial charge >= 0.3 is 0 Å². The number of hydrogen-bond donors (Lipinski definition) is 0. The lowest BCUT2D eigenvalue weighted by Gasteiger charge is -2.10. The number of aromatic nitrogens is 4. The van der Waals surface area contributed by atoms with Gasteiger partial charge in [0.05, 0.1) is 23.7 Å². The summed E-state index contributed by atoms with van der Waals surface area (Å²) >= 11 is 0. The second-order valence-corrected chi connectivity index (χ2v) is 6.04. The fourth-order valence-electron chi connectivity index (χ4n) is 3.16. The molecule has 25 heavy (non-hydrogen) atoms. The Labute approximate surface area is 143 Å². The highest BCUT2D eigenvalue weighted by atomic mass is 15.2. The maximum atomic E-state index is 4.44. The van der Waals surface area contributed by atoms with Crippen molar-refractivity contribution < 1.29 is 0 Å². The van der Waals surface area contributed by atoms with Crippen LogP contribution in [0.1, 0.15) is 17.2 Å². The largest absolute Gasteiger partial charge is 0.305 e. The average molecular weight is 326 g/mol. The minimum atomic E-state index is -0.0138. The topological polar surface area (TPSA) is 68.3 Å². The Hall–Kier alpha value is -3.41. The molecule has 5 rings (SSSR count). The van der Waals surface area contributed by atoms with Gasteiger partial charge in [0.25, 0.3) is 0 Å². The minimum absolute atomic E-state index is 0.0138. The van der Waals surface area contributed by atoms with E-state index in [9.17, 15) is 0 Å². The average Bonchev–Trinajstić information content (AvgIpc) is 3.32. The molecule has 0 bridgehead atoms. The summed E-state index contributed by atoms with van der Waals surface area (Å²) < 4.78 is 1.93. The molecule has 4 aromatic rings. The van der Waals surface area contributed by atoms with Gasteiger partial charge in [-0.05, 0) is 29.8 Å². The fourth-order valence-corrected chi connectivity index (χ4v) is 3.16. The van der Waals surface area contributed by atoms with E-state index in [1.807, 2.05) is 23.0 Å². The van der Waals surface area contributed by atoms with Crippen LogP contribution in [0.2, 0.25) is 0 Å². The molecule has 0 N–H and O–H groups in total. The molecule has 6 nitrogen and oxygen atoms in total. The molecule has 1 unspecified atom stereocenters. The van der Waals surface area contributed by atoms with Crippen LogP contribution in [0.4, 0.5) is 5.82 Å². The van der Waals surface area contributed by atoms with Crippen LogP contribution in [0.25, 0.3) is 16.6 Å². The fraction of sp³-hybridized carbons (Fsp3) is 0.105. The molecule has 1 aromatic carbocycles. The van der Waals surface area contributed by atoms with Crippen LogP contribution in [0, 0.1) is 0 Å². The highest BCUT2D eigenvalue weighted by Gasteiger charge is 2.23. The van der Waals surface area contributed by atoms with Gasteiger partial charge in [-0.1, -0.05) is 12.1 Å². The normalized spacial score (nSPS) is 15.6. The van der Waals surface area contributed by atoms with E-state index < -0.39 is 0 Å². The third-order valence-electron chi connectivity index (χ3n) is 4.43. The molecule has 1 atom stereocenters. The molecule has 1 aliphatic heterocycles. The van der Waals surface area contributed by atoms with Crippen molar-refractivity contribution in [3.05, 3.63) is 78.6 Å². The van der Waals surface area contributed by atoms with Crippen LogP contribution in [0.15, 0.2) is 77.7 Å². The van der Waals surface area contributed by atoms with Crippen molar-refractivity contribution in [1.82, 2.24) is 19.5 Å². The monoisotopic (exact) mass is 326 g/mol. The van der Waals surface area contributed by atoms with Crippen molar-refractivity contribution >= 4 is 16.7 Å². The van der Waals surface area contributed by atoms with E-state index in [0.29, 0.717) is 5.82 Å².